The van der Waals surface area contributed by atoms with Crippen molar-refractivity contribution >= 4 is 11.6 Å². The van der Waals surface area contributed by atoms with Crippen molar-refractivity contribution in [1.82, 2.24) is 10.3 Å². The Hall–Kier alpha value is -3.59. The molecule has 0 saturated carbocycles. The maximum atomic E-state index is 13.1. The fraction of sp³-hybridized carbons (Fsp3) is 0.250. The molecule has 1 atom stereocenters. The van der Waals surface area contributed by atoms with Crippen LogP contribution in [-0.2, 0) is 17.5 Å². The SMILES string of the molecule is COc1cc(CN[C@@H](C)c2ccccn2)ccc1OCC(=O)Nc1ccccc1C(F)(F)F. The third-order valence-corrected chi connectivity index (χ3v) is 4.84. The molecule has 1 aromatic heterocycles. The molecule has 1 heterocycles. The number of nitrogens with zero attached hydrogens (tertiary/aromatic N) is 1. The molecule has 0 unspecified atom stereocenters. The zero-order valence-electron chi connectivity index (χ0n) is 18.1. The molecule has 0 bridgehead atoms. The average molecular weight is 459 g/mol. The Morgan fingerprint density at radius 1 is 1.06 bits per heavy atom. The molecule has 2 aromatic carbocycles. The van der Waals surface area contributed by atoms with Gasteiger partial charge >= 0.3 is 6.18 Å². The van der Waals surface area contributed by atoms with Crippen LogP contribution in [0.25, 0.3) is 0 Å². The number of carbonyl (C=O) groups is 1. The van der Waals surface area contributed by atoms with Gasteiger partial charge in [0.05, 0.1) is 24.1 Å². The van der Waals surface area contributed by atoms with Gasteiger partial charge in [-0.05, 0) is 48.9 Å². The lowest BCUT2D eigenvalue weighted by molar-refractivity contribution is -0.137. The molecule has 33 heavy (non-hydrogen) atoms. The minimum absolute atomic E-state index is 0.0383. The Labute approximate surface area is 189 Å². The molecule has 0 spiro atoms. The molecule has 3 aromatic rings. The number of amides is 1. The number of rotatable bonds is 9. The van der Waals surface area contributed by atoms with Crippen molar-refractivity contribution in [3.05, 3.63) is 83.7 Å². The van der Waals surface area contributed by atoms with Crippen molar-refractivity contribution in [2.75, 3.05) is 19.0 Å². The van der Waals surface area contributed by atoms with Gasteiger partial charge in [0.2, 0.25) is 0 Å². The smallest absolute Gasteiger partial charge is 0.418 e. The van der Waals surface area contributed by atoms with E-state index in [1.807, 2.05) is 31.2 Å². The lowest BCUT2D eigenvalue weighted by Gasteiger charge is -2.16. The highest BCUT2D eigenvalue weighted by Crippen LogP contribution is 2.34. The Kier molecular flexibility index (Phi) is 7.89. The van der Waals surface area contributed by atoms with E-state index in [1.54, 1.807) is 18.3 Å². The van der Waals surface area contributed by atoms with E-state index in [0.29, 0.717) is 18.0 Å². The fourth-order valence-corrected chi connectivity index (χ4v) is 3.12. The first-order valence-electron chi connectivity index (χ1n) is 10.2. The molecule has 0 aliphatic heterocycles. The Bertz CT molecular complexity index is 1080. The Morgan fingerprint density at radius 2 is 1.82 bits per heavy atom. The van der Waals surface area contributed by atoms with E-state index in [1.165, 1.54) is 25.3 Å². The van der Waals surface area contributed by atoms with E-state index < -0.39 is 24.3 Å². The lowest BCUT2D eigenvalue weighted by Crippen LogP contribution is -2.22. The van der Waals surface area contributed by atoms with Crippen molar-refractivity contribution in [2.24, 2.45) is 0 Å². The average Bonchev–Trinajstić information content (AvgIpc) is 2.81. The summed E-state index contributed by atoms with van der Waals surface area (Å²) in [7, 11) is 1.47. The van der Waals surface area contributed by atoms with Gasteiger partial charge < -0.3 is 20.1 Å². The van der Waals surface area contributed by atoms with Crippen LogP contribution in [0.5, 0.6) is 11.5 Å². The van der Waals surface area contributed by atoms with Crippen LogP contribution >= 0.6 is 0 Å². The van der Waals surface area contributed by atoms with Crippen molar-refractivity contribution in [3.8, 4) is 11.5 Å². The van der Waals surface area contributed by atoms with Crippen molar-refractivity contribution in [2.45, 2.75) is 25.7 Å². The number of benzene rings is 2. The topological polar surface area (TPSA) is 72.5 Å². The van der Waals surface area contributed by atoms with Gasteiger partial charge in [-0.3, -0.25) is 9.78 Å². The number of pyridine rings is 1. The van der Waals surface area contributed by atoms with E-state index >= 15 is 0 Å². The van der Waals surface area contributed by atoms with Crippen molar-refractivity contribution < 1.29 is 27.4 Å². The van der Waals surface area contributed by atoms with Crippen molar-refractivity contribution in [3.63, 3.8) is 0 Å². The summed E-state index contributed by atoms with van der Waals surface area (Å²) in [6.45, 7) is 2.08. The van der Waals surface area contributed by atoms with Crippen LogP contribution < -0.4 is 20.1 Å². The number of hydrogen-bond donors (Lipinski definition) is 2. The highest BCUT2D eigenvalue weighted by Gasteiger charge is 2.33. The van der Waals surface area contributed by atoms with Crippen LogP contribution in [0.3, 0.4) is 0 Å². The van der Waals surface area contributed by atoms with Crippen LogP contribution in [-0.4, -0.2) is 24.6 Å². The van der Waals surface area contributed by atoms with E-state index in [4.69, 9.17) is 9.47 Å². The number of para-hydroxylation sites is 1. The van der Waals surface area contributed by atoms with Crippen LogP contribution in [0.1, 0.15) is 29.8 Å². The summed E-state index contributed by atoms with van der Waals surface area (Å²) in [6.07, 6.45) is -2.84. The molecule has 2 N–H and O–H groups in total. The number of methoxy groups -OCH3 is 1. The predicted molar refractivity (Wildman–Crippen MR) is 118 cm³/mol. The van der Waals surface area contributed by atoms with E-state index in [9.17, 15) is 18.0 Å². The summed E-state index contributed by atoms with van der Waals surface area (Å²) in [5, 5.41) is 5.61. The van der Waals surface area contributed by atoms with Gasteiger partial charge in [0.1, 0.15) is 0 Å². The van der Waals surface area contributed by atoms with Crippen LogP contribution in [0.15, 0.2) is 66.9 Å². The molecule has 0 aliphatic rings. The minimum atomic E-state index is -4.58. The monoisotopic (exact) mass is 459 g/mol. The van der Waals surface area contributed by atoms with E-state index in [2.05, 4.69) is 15.6 Å². The quantitative estimate of drug-likeness (QED) is 0.472. The minimum Gasteiger partial charge on any atom is -0.493 e. The predicted octanol–water partition coefficient (Wildman–Crippen LogP) is 4.98. The standard InChI is InChI=1S/C24H24F3N3O3/c1-16(19-8-5-6-12-28-19)29-14-17-10-11-21(22(13-17)32-2)33-15-23(31)30-20-9-4-3-7-18(20)24(25,26)27/h3-13,16,29H,14-15H2,1-2H3,(H,30,31)/t16-/m0/s1. The number of halogens is 3. The summed E-state index contributed by atoms with van der Waals surface area (Å²) >= 11 is 0. The number of ether oxygens (including phenoxy) is 2. The lowest BCUT2D eigenvalue weighted by atomic mass is 10.1. The molecular formula is C24H24F3N3O3. The molecule has 6 nitrogen and oxygen atoms in total. The highest BCUT2D eigenvalue weighted by atomic mass is 19.4. The van der Waals surface area contributed by atoms with Gasteiger partial charge in [0, 0.05) is 18.8 Å². The molecule has 0 aliphatic carbocycles. The second-order valence-corrected chi connectivity index (χ2v) is 7.22. The number of hydrogen-bond acceptors (Lipinski definition) is 5. The molecule has 9 heteroatoms. The molecule has 3 rings (SSSR count). The number of aromatic nitrogens is 1. The Morgan fingerprint density at radius 3 is 2.52 bits per heavy atom. The summed E-state index contributed by atoms with van der Waals surface area (Å²) in [5.41, 5.74) is 0.592. The first-order chi connectivity index (χ1) is 15.8. The van der Waals surface area contributed by atoms with Crippen LogP contribution in [0.2, 0.25) is 0 Å². The third-order valence-electron chi connectivity index (χ3n) is 4.84. The van der Waals surface area contributed by atoms with Gasteiger partial charge in [-0.2, -0.15) is 13.2 Å². The molecule has 0 fully saturated rings. The summed E-state index contributed by atoms with van der Waals surface area (Å²) in [6, 6.07) is 15.8. The summed E-state index contributed by atoms with van der Waals surface area (Å²) in [5.74, 6) is -0.00903. The van der Waals surface area contributed by atoms with Crippen LogP contribution in [0, 0.1) is 0 Å². The normalized spacial score (nSPS) is 12.2. The largest absolute Gasteiger partial charge is 0.493 e. The number of alkyl halides is 3. The number of carbonyl (C=O) groups excluding carboxylic acids is 1. The highest BCUT2D eigenvalue weighted by molar-refractivity contribution is 5.92. The molecule has 0 saturated heterocycles. The summed E-state index contributed by atoms with van der Waals surface area (Å²) in [4.78, 5) is 16.5. The van der Waals surface area contributed by atoms with E-state index in [-0.39, 0.29) is 11.7 Å². The van der Waals surface area contributed by atoms with Gasteiger partial charge in [-0.25, -0.2) is 0 Å². The molecule has 1 amide bonds. The molecule has 174 valence electrons. The zero-order valence-corrected chi connectivity index (χ0v) is 18.1. The van der Waals surface area contributed by atoms with Gasteiger partial charge in [-0.15, -0.1) is 0 Å². The van der Waals surface area contributed by atoms with Gasteiger partial charge in [0.25, 0.3) is 5.91 Å². The number of nitrogens with one attached hydrogen (secondary N) is 2. The Balaban J connectivity index is 1.59. The van der Waals surface area contributed by atoms with Crippen LogP contribution in [0.4, 0.5) is 18.9 Å². The third kappa shape index (κ3) is 6.69. The van der Waals surface area contributed by atoms with Crippen molar-refractivity contribution in [1.29, 1.82) is 0 Å². The summed E-state index contributed by atoms with van der Waals surface area (Å²) < 4.78 is 50.1. The molecule has 0 radical (unpaired) electrons. The zero-order chi connectivity index (χ0) is 23.8. The first-order valence-corrected chi connectivity index (χ1v) is 10.2. The number of anilines is 1. The second kappa shape index (κ2) is 10.8. The second-order valence-electron chi connectivity index (χ2n) is 7.22. The maximum Gasteiger partial charge on any atom is 0.418 e. The van der Waals surface area contributed by atoms with E-state index in [0.717, 1.165) is 17.3 Å². The first kappa shape index (κ1) is 24.1. The van der Waals surface area contributed by atoms with Gasteiger partial charge in [0.15, 0.2) is 18.1 Å². The molecular weight excluding hydrogens is 435 g/mol. The maximum absolute atomic E-state index is 13.1. The van der Waals surface area contributed by atoms with Gasteiger partial charge in [-0.1, -0.05) is 24.3 Å². The fourth-order valence-electron chi connectivity index (χ4n) is 3.12.